The van der Waals surface area contributed by atoms with Gasteiger partial charge in [-0.15, -0.1) is 0 Å². The summed E-state index contributed by atoms with van der Waals surface area (Å²) in [6, 6.07) is 7.67. The molecule has 0 spiro atoms. The van der Waals surface area contributed by atoms with Crippen LogP contribution in [-0.4, -0.2) is 56.4 Å². The van der Waals surface area contributed by atoms with Gasteiger partial charge in [0.1, 0.15) is 0 Å². The van der Waals surface area contributed by atoms with E-state index in [4.69, 9.17) is 37.4 Å². The molecule has 1 fully saturated rings. The lowest BCUT2D eigenvalue weighted by atomic mass is 9.65. The van der Waals surface area contributed by atoms with Crippen molar-refractivity contribution in [3.05, 3.63) is 51.5 Å². The highest BCUT2D eigenvalue weighted by atomic mass is 35.5. The van der Waals surface area contributed by atoms with Crippen LogP contribution >= 0.6 is 23.2 Å². The van der Waals surface area contributed by atoms with E-state index in [-0.39, 0.29) is 54.7 Å². The summed E-state index contributed by atoms with van der Waals surface area (Å²) in [6.07, 6.45) is 0.0612. The Morgan fingerprint density at radius 1 is 1.00 bits per heavy atom. The number of Topliss-reactive ketones (excluding diaryl/α,β-unsaturated/α-hetero) is 1. The van der Waals surface area contributed by atoms with Crippen LogP contribution in [0.25, 0.3) is 0 Å². The highest BCUT2D eigenvalue weighted by Crippen LogP contribution is 2.51. The molecule has 2 unspecified atom stereocenters. The highest BCUT2D eigenvalue weighted by molar-refractivity contribution is 7.88. The van der Waals surface area contributed by atoms with Crippen molar-refractivity contribution in [1.82, 2.24) is 5.32 Å². The number of ether oxygens (including phenoxy) is 3. The quantitative estimate of drug-likeness (QED) is 0.258. The molecule has 3 rings (SSSR count). The number of hydrogen-bond donors (Lipinski definition) is 2. The maximum absolute atomic E-state index is 14.5. The number of halogens is 2. The molecule has 1 saturated heterocycles. The van der Waals surface area contributed by atoms with Gasteiger partial charge in [-0.3, -0.25) is 9.35 Å². The first-order valence-electron chi connectivity index (χ1n) is 12.3. The standard InChI is InChI=1S/C26H33Cl2NO7S/c1-5-26(37(31,32)33,25(11-12-29-16-25)18-9-10-19(27)20(28)15-18)24(30)17-13-21(34-6-2)23(36-8-4)22(14-17)35-7-3/h9-10,13-15,29H,5-8,11-12,16H2,1-4H3,(H,31,32,33). The van der Waals surface area contributed by atoms with E-state index in [1.54, 1.807) is 45.9 Å². The van der Waals surface area contributed by atoms with Crippen LogP contribution in [0.4, 0.5) is 0 Å². The Balaban J connectivity index is 2.35. The maximum atomic E-state index is 14.5. The normalized spacial score (nSPS) is 19.3. The Morgan fingerprint density at radius 3 is 2.03 bits per heavy atom. The van der Waals surface area contributed by atoms with Crippen LogP contribution in [0.1, 0.15) is 56.5 Å². The van der Waals surface area contributed by atoms with Gasteiger partial charge in [-0.05, 0) is 70.0 Å². The van der Waals surface area contributed by atoms with Crippen LogP contribution in [0.15, 0.2) is 30.3 Å². The molecular weight excluding hydrogens is 541 g/mol. The summed E-state index contributed by atoms with van der Waals surface area (Å²) in [4.78, 5) is 14.5. The minimum Gasteiger partial charge on any atom is -0.490 e. The van der Waals surface area contributed by atoms with E-state index < -0.39 is 26.1 Å². The monoisotopic (exact) mass is 573 g/mol. The molecule has 8 nitrogen and oxygen atoms in total. The second kappa shape index (κ2) is 11.8. The van der Waals surface area contributed by atoms with Crippen LogP contribution in [0.2, 0.25) is 10.0 Å². The molecule has 0 bridgehead atoms. The molecule has 2 N–H and O–H groups in total. The lowest BCUT2D eigenvalue weighted by Crippen LogP contribution is -2.62. The second-order valence-electron chi connectivity index (χ2n) is 8.72. The number of hydrogen-bond acceptors (Lipinski definition) is 7. The van der Waals surface area contributed by atoms with Gasteiger partial charge in [0.15, 0.2) is 22.0 Å². The third-order valence-corrected chi connectivity index (χ3v) is 9.36. The first kappa shape index (κ1) is 29.5. The van der Waals surface area contributed by atoms with Crippen molar-refractivity contribution in [3.8, 4) is 17.2 Å². The zero-order valence-corrected chi connectivity index (χ0v) is 23.7. The molecule has 2 atom stereocenters. The molecule has 1 aliphatic rings. The van der Waals surface area contributed by atoms with Gasteiger partial charge in [-0.1, -0.05) is 36.2 Å². The number of rotatable bonds is 12. The smallest absolute Gasteiger partial charge is 0.279 e. The van der Waals surface area contributed by atoms with Gasteiger partial charge >= 0.3 is 0 Å². The summed E-state index contributed by atoms with van der Waals surface area (Å²) in [5.74, 6) is 0.0231. The van der Waals surface area contributed by atoms with Crippen LogP contribution in [-0.2, 0) is 15.5 Å². The SMILES string of the molecule is CCOc1cc(C(=O)C(CC)(C2(c3ccc(Cl)c(Cl)c3)CCNC2)S(=O)(=O)O)cc(OCC)c1OCC. The van der Waals surface area contributed by atoms with Crippen LogP contribution in [0, 0.1) is 0 Å². The van der Waals surface area contributed by atoms with Crippen molar-refractivity contribution < 1.29 is 32.0 Å². The Bertz CT molecular complexity index is 1220. The van der Waals surface area contributed by atoms with Gasteiger partial charge in [-0.2, -0.15) is 8.42 Å². The predicted molar refractivity (Wildman–Crippen MR) is 144 cm³/mol. The Morgan fingerprint density at radius 2 is 1.59 bits per heavy atom. The molecule has 0 saturated carbocycles. The zero-order chi connectivity index (χ0) is 27.4. The van der Waals surface area contributed by atoms with E-state index in [0.717, 1.165) is 0 Å². The van der Waals surface area contributed by atoms with Crippen molar-refractivity contribution in [2.45, 2.75) is 50.7 Å². The summed E-state index contributed by atoms with van der Waals surface area (Å²) in [7, 11) is -4.99. The fourth-order valence-electron chi connectivity index (χ4n) is 5.33. The van der Waals surface area contributed by atoms with Gasteiger partial charge in [0.05, 0.1) is 29.9 Å². The summed E-state index contributed by atoms with van der Waals surface area (Å²) in [6.45, 7) is 8.37. The lowest BCUT2D eigenvalue weighted by Gasteiger charge is -2.45. The molecule has 0 radical (unpaired) electrons. The van der Waals surface area contributed by atoms with Crippen LogP contribution in [0.5, 0.6) is 17.2 Å². The van der Waals surface area contributed by atoms with Gasteiger partial charge < -0.3 is 19.5 Å². The number of ketones is 1. The first-order valence-corrected chi connectivity index (χ1v) is 14.5. The van der Waals surface area contributed by atoms with E-state index in [1.165, 1.54) is 12.1 Å². The first-order chi connectivity index (χ1) is 17.5. The number of carbonyl (C=O) groups excluding carboxylic acids is 1. The molecule has 204 valence electrons. The van der Waals surface area contributed by atoms with Crippen molar-refractivity contribution in [2.75, 3.05) is 32.9 Å². The number of nitrogens with one attached hydrogen (secondary N) is 1. The average Bonchev–Trinajstić information content (AvgIpc) is 3.34. The lowest BCUT2D eigenvalue weighted by molar-refractivity contribution is 0.0867. The molecule has 0 aromatic heterocycles. The van der Waals surface area contributed by atoms with Gasteiger partial charge in [0.25, 0.3) is 10.1 Å². The Labute approximate surface area is 228 Å². The van der Waals surface area contributed by atoms with Crippen LogP contribution in [0.3, 0.4) is 0 Å². The van der Waals surface area contributed by atoms with Crippen molar-refractivity contribution in [3.63, 3.8) is 0 Å². The molecular formula is C26H33Cl2NO7S. The second-order valence-corrected chi connectivity index (χ2v) is 11.2. The van der Waals surface area contributed by atoms with E-state index in [9.17, 15) is 17.8 Å². The van der Waals surface area contributed by atoms with Crippen molar-refractivity contribution in [2.24, 2.45) is 0 Å². The van der Waals surface area contributed by atoms with Gasteiger partial charge in [0, 0.05) is 17.5 Å². The highest BCUT2D eigenvalue weighted by Gasteiger charge is 2.65. The largest absolute Gasteiger partial charge is 0.490 e. The fraction of sp³-hybridized carbons (Fsp3) is 0.500. The summed E-state index contributed by atoms with van der Waals surface area (Å²) >= 11 is 12.5. The molecule has 1 heterocycles. The van der Waals surface area contributed by atoms with Crippen molar-refractivity contribution >= 4 is 39.1 Å². The molecule has 0 aliphatic carbocycles. The summed E-state index contributed by atoms with van der Waals surface area (Å²) in [5, 5.41) is 3.69. The molecule has 2 aromatic rings. The van der Waals surface area contributed by atoms with Gasteiger partial charge in [0.2, 0.25) is 5.75 Å². The molecule has 1 aliphatic heterocycles. The minimum atomic E-state index is -4.99. The number of benzene rings is 2. The fourth-order valence-corrected chi connectivity index (χ4v) is 7.13. The molecule has 11 heteroatoms. The molecule has 2 aromatic carbocycles. The topological polar surface area (TPSA) is 111 Å². The molecule has 37 heavy (non-hydrogen) atoms. The van der Waals surface area contributed by atoms with Crippen LogP contribution < -0.4 is 19.5 Å². The third-order valence-electron chi connectivity index (χ3n) is 6.88. The Hall–Kier alpha value is -2.04. The zero-order valence-electron chi connectivity index (χ0n) is 21.4. The van der Waals surface area contributed by atoms with E-state index in [0.29, 0.717) is 29.5 Å². The Kier molecular flexibility index (Phi) is 9.40. The van der Waals surface area contributed by atoms with E-state index >= 15 is 0 Å². The van der Waals surface area contributed by atoms with Crippen molar-refractivity contribution in [1.29, 1.82) is 0 Å². The van der Waals surface area contributed by atoms with E-state index in [2.05, 4.69) is 5.32 Å². The third kappa shape index (κ3) is 5.16. The minimum absolute atomic E-state index is 0.0150. The predicted octanol–water partition coefficient (Wildman–Crippen LogP) is 5.34. The number of carbonyl (C=O) groups is 1. The molecule has 0 amide bonds. The average molecular weight is 575 g/mol. The summed E-state index contributed by atoms with van der Waals surface area (Å²) in [5.41, 5.74) is -0.835. The van der Waals surface area contributed by atoms with Gasteiger partial charge in [-0.25, -0.2) is 0 Å². The van der Waals surface area contributed by atoms with E-state index in [1.807, 2.05) is 0 Å². The maximum Gasteiger partial charge on any atom is 0.279 e. The summed E-state index contributed by atoms with van der Waals surface area (Å²) < 4.78 is 52.6.